The van der Waals surface area contributed by atoms with Crippen molar-refractivity contribution in [2.24, 2.45) is 0 Å². The number of pyridine rings is 1. The van der Waals surface area contributed by atoms with Gasteiger partial charge in [-0.1, -0.05) is 12.1 Å². The highest BCUT2D eigenvalue weighted by Gasteiger charge is 2.16. The molecule has 1 fully saturated rings. The summed E-state index contributed by atoms with van der Waals surface area (Å²) in [6.45, 7) is 4.12. The zero-order chi connectivity index (χ0) is 13.1. The van der Waals surface area contributed by atoms with Gasteiger partial charge >= 0.3 is 0 Å². The fourth-order valence-electron chi connectivity index (χ4n) is 2.65. The van der Waals surface area contributed by atoms with E-state index in [0.29, 0.717) is 0 Å². The maximum atomic E-state index is 5.51. The van der Waals surface area contributed by atoms with Gasteiger partial charge in [-0.05, 0) is 30.5 Å². The predicted molar refractivity (Wildman–Crippen MR) is 78.0 cm³/mol. The van der Waals surface area contributed by atoms with Gasteiger partial charge in [0.2, 0.25) is 0 Å². The third-order valence-electron chi connectivity index (χ3n) is 3.59. The van der Waals surface area contributed by atoms with Gasteiger partial charge in [0.05, 0.1) is 12.5 Å². The Balaban J connectivity index is 2.11. The first kappa shape index (κ1) is 12.2. The van der Waals surface area contributed by atoms with Crippen LogP contribution in [0.15, 0.2) is 30.5 Å². The monoisotopic (exact) mass is 257 g/mol. The second-order valence-electron chi connectivity index (χ2n) is 4.78. The van der Waals surface area contributed by atoms with E-state index in [2.05, 4.69) is 21.3 Å². The van der Waals surface area contributed by atoms with Gasteiger partial charge < -0.3 is 15.0 Å². The molecule has 100 valence electrons. The Morgan fingerprint density at radius 3 is 3.05 bits per heavy atom. The van der Waals surface area contributed by atoms with Crippen molar-refractivity contribution >= 4 is 16.6 Å². The molecule has 0 spiro atoms. The average Bonchev–Trinajstić information content (AvgIpc) is 2.75. The Hall–Kier alpha value is -1.81. The standard InChI is InChI=1S/C15H19N3O/c1-19-13-5-2-4-12-6-8-17-15(14(12)13)18-10-3-7-16-9-11-18/h2,4-6,8,16H,3,7,9-11H2,1H3. The molecular formula is C15H19N3O. The molecule has 0 saturated carbocycles. The van der Waals surface area contributed by atoms with E-state index in [0.717, 1.165) is 49.6 Å². The first-order chi connectivity index (χ1) is 9.40. The summed E-state index contributed by atoms with van der Waals surface area (Å²) >= 11 is 0. The summed E-state index contributed by atoms with van der Waals surface area (Å²) in [5.41, 5.74) is 0. The smallest absolute Gasteiger partial charge is 0.140 e. The van der Waals surface area contributed by atoms with Gasteiger partial charge in [-0.2, -0.15) is 0 Å². The van der Waals surface area contributed by atoms with Crippen molar-refractivity contribution < 1.29 is 4.74 Å². The first-order valence-corrected chi connectivity index (χ1v) is 6.77. The molecule has 1 N–H and O–H groups in total. The van der Waals surface area contributed by atoms with Crippen molar-refractivity contribution in [3.8, 4) is 5.75 Å². The van der Waals surface area contributed by atoms with E-state index in [1.807, 2.05) is 24.4 Å². The van der Waals surface area contributed by atoms with E-state index in [1.54, 1.807) is 7.11 Å². The maximum absolute atomic E-state index is 5.51. The number of ether oxygens (including phenoxy) is 1. The topological polar surface area (TPSA) is 37.4 Å². The number of fused-ring (bicyclic) bond motifs is 1. The molecule has 0 bridgehead atoms. The molecular weight excluding hydrogens is 238 g/mol. The van der Waals surface area contributed by atoms with Crippen LogP contribution in [0.25, 0.3) is 10.8 Å². The zero-order valence-electron chi connectivity index (χ0n) is 11.2. The van der Waals surface area contributed by atoms with Crippen LogP contribution in [-0.2, 0) is 0 Å². The minimum Gasteiger partial charge on any atom is -0.496 e. The van der Waals surface area contributed by atoms with Gasteiger partial charge in [-0.3, -0.25) is 0 Å². The predicted octanol–water partition coefficient (Wildman–Crippen LogP) is 2.04. The summed E-state index contributed by atoms with van der Waals surface area (Å²) in [6.07, 6.45) is 3.03. The van der Waals surface area contributed by atoms with Crippen molar-refractivity contribution in [2.45, 2.75) is 6.42 Å². The normalized spacial score (nSPS) is 16.4. The fourth-order valence-corrected chi connectivity index (χ4v) is 2.65. The van der Waals surface area contributed by atoms with E-state index < -0.39 is 0 Å². The minimum absolute atomic E-state index is 0.901. The van der Waals surface area contributed by atoms with Gasteiger partial charge in [-0.25, -0.2) is 4.98 Å². The summed E-state index contributed by atoms with van der Waals surface area (Å²) in [4.78, 5) is 6.95. The summed E-state index contributed by atoms with van der Waals surface area (Å²) in [5, 5.41) is 5.72. The van der Waals surface area contributed by atoms with Crippen molar-refractivity contribution in [1.29, 1.82) is 0 Å². The SMILES string of the molecule is COc1cccc2ccnc(N3CCCNCC3)c12. The van der Waals surface area contributed by atoms with Crippen LogP contribution in [0.1, 0.15) is 6.42 Å². The Labute approximate surface area is 113 Å². The van der Waals surface area contributed by atoms with Gasteiger partial charge in [0.1, 0.15) is 11.6 Å². The lowest BCUT2D eigenvalue weighted by molar-refractivity contribution is 0.419. The molecule has 4 heteroatoms. The number of hydrogen-bond donors (Lipinski definition) is 1. The Morgan fingerprint density at radius 2 is 2.16 bits per heavy atom. The van der Waals surface area contributed by atoms with Crippen LogP contribution in [0, 0.1) is 0 Å². The van der Waals surface area contributed by atoms with Gasteiger partial charge in [0.15, 0.2) is 0 Å². The summed E-state index contributed by atoms with van der Waals surface area (Å²) in [7, 11) is 1.72. The highest BCUT2D eigenvalue weighted by molar-refractivity contribution is 5.97. The third kappa shape index (κ3) is 2.36. The molecule has 0 amide bonds. The molecule has 0 radical (unpaired) electrons. The second kappa shape index (κ2) is 5.45. The maximum Gasteiger partial charge on any atom is 0.140 e. The number of rotatable bonds is 2. The largest absolute Gasteiger partial charge is 0.496 e. The second-order valence-corrected chi connectivity index (χ2v) is 4.78. The van der Waals surface area contributed by atoms with Crippen LogP contribution >= 0.6 is 0 Å². The van der Waals surface area contributed by atoms with E-state index in [-0.39, 0.29) is 0 Å². The van der Waals surface area contributed by atoms with Crippen LogP contribution < -0.4 is 15.0 Å². The minimum atomic E-state index is 0.901. The third-order valence-corrected chi connectivity index (χ3v) is 3.59. The molecule has 1 aliphatic heterocycles. The lowest BCUT2D eigenvalue weighted by Crippen LogP contribution is -2.28. The van der Waals surface area contributed by atoms with Crippen molar-refractivity contribution in [2.75, 3.05) is 38.2 Å². The van der Waals surface area contributed by atoms with Gasteiger partial charge in [-0.15, -0.1) is 0 Å². The van der Waals surface area contributed by atoms with Crippen molar-refractivity contribution in [3.63, 3.8) is 0 Å². The van der Waals surface area contributed by atoms with Gasteiger partial charge in [0, 0.05) is 25.8 Å². The fraction of sp³-hybridized carbons (Fsp3) is 0.400. The number of aromatic nitrogens is 1. The highest BCUT2D eigenvalue weighted by Crippen LogP contribution is 2.32. The molecule has 0 atom stereocenters. The van der Waals surface area contributed by atoms with Crippen LogP contribution in [0.2, 0.25) is 0 Å². The number of nitrogens with one attached hydrogen (secondary N) is 1. The molecule has 0 unspecified atom stereocenters. The Bertz CT molecular complexity index is 557. The molecule has 1 saturated heterocycles. The molecule has 1 aliphatic rings. The number of nitrogens with zero attached hydrogens (tertiary/aromatic N) is 2. The lowest BCUT2D eigenvalue weighted by Gasteiger charge is -2.23. The molecule has 19 heavy (non-hydrogen) atoms. The van der Waals surface area contributed by atoms with Crippen LogP contribution in [0.4, 0.5) is 5.82 Å². The molecule has 2 aromatic rings. The molecule has 2 heterocycles. The first-order valence-electron chi connectivity index (χ1n) is 6.77. The molecule has 3 rings (SSSR count). The van der Waals surface area contributed by atoms with Crippen molar-refractivity contribution in [3.05, 3.63) is 30.5 Å². The zero-order valence-corrected chi connectivity index (χ0v) is 11.2. The number of methoxy groups -OCH3 is 1. The molecule has 4 nitrogen and oxygen atoms in total. The van der Waals surface area contributed by atoms with Gasteiger partial charge in [0.25, 0.3) is 0 Å². The average molecular weight is 257 g/mol. The van der Waals surface area contributed by atoms with E-state index in [4.69, 9.17) is 4.74 Å². The Morgan fingerprint density at radius 1 is 1.21 bits per heavy atom. The summed E-state index contributed by atoms with van der Waals surface area (Å²) in [6, 6.07) is 8.18. The molecule has 0 aliphatic carbocycles. The number of hydrogen-bond acceptors (Lipinski definition) is 4. The molecule has 1 aromatic heterocycles. The number of anilines is 1. The van der Waals surface area contributed by atoms with Crippen LogP contribution in [0.5, 0.6) is 5.75 Å². The van der Waals surface area contributed by atoms with E-state index in [9.17, 15) is 0 Å². The van der Waals surface area contributed by atoms with E-state index in [1.165, 1.54) is 5.39 Å². The lowest BCUT2D eigenvalue weighted by atomic mass is 10.1. The van der Waals surface area contributed by atoms with E-state index >= 15 is 0 Å². The van der Waals surface area contributed by atoms with Crippen LogP contribution in [-0.4, -0.2) is 38.3 Å². The summed E-state index contributed by atoms with van der Waals surface area (Å²) < 4.78 is 5.51. The Kier molecular flexibility index (Phi) is 3.51. The quantitative estimate of drug-likeness (QED) is 0.893. The molecule has 1 aromatic carbocycles. The van der Waals surface area contributed by atoms with Crippen molar-refractivity contribution in [1.82, 2.24) is 10.3 Å². The highest BCUT2D eigenvalue weighted by atomic mass is 16.5. The summed E-state index contributed by atoms with van der Waals surface area (Å²) in [5.74, 6) is 1.94. The number of benzene rings is 1. The van der Waals surface area contributed by atoms with Crippen LogP contribution in [0.3, 0.4) is 0 Å².